The first-order valence-electron chi connectivity index (χ1n) is 7.24. The molecule has 0 bridgehead atoms. The molecule has 3 aromatic rings. The number of rotatable bonds is 0. The first-order chi connectivity index (χ1) is 10.4. The van der Waals surface area contributed by atoms with Crippen LogP contribution in [0.25, 0.3) is 22.0 Å². The van der Waals surface area contributed by atoms with Gasteiger partial charge in [-0.25, -0.2) is 4.99 Å². The van der Waals surface area contributed by atoms with Gasteiger partial charge in [0.05, 0.1) is 5.70 Å². The number of hydrogen-bond donors (Lipinski definition) is 0. The number of benzene rings is 1. The second-order valence-corrected chi connectivity index (χ2v) is 5.48. The Morgan fingerprint density at radius 1 is 0.952 bits per heavy atom. The quantitative estimate of drug-likeness (QED) is 0.439. The number of allylic oxidation sites excluding steroid dienone is 3. The van der Waals surface area contributed by atoms with Crippen LogP contribution in [-0.2, 0) is 0 Å². The van der Waals surface area contributed by atoms with E-state index in [1.807, 2.05) is 0 Å². The van der Waals surface area contributed by atoms with E-state index in [1.165, 1.54) is 27.2 Å². The molecular weight excluding hydrogens is 256 g/mol. The van der Waals surface area contributed by atoms with Crippen LogP contribution in [-0.4, -0.2) is 0 Å². The number of aromatic nitrogens is 1. The van der Waals surface area contributed by atoms with Crippen molar-refractivity contribution in [3.05, 3.63) is 83.2 Å². The maximum absolute atomic E-state index is 4.86. The average molecular weight is 269 g/mol. The average Bonchev–Trinajstić information content (AvgIpc) is 2.93. The Morgan fingerprint density at radius 3 is 2.90 bits per heavy atom. The van der Waals surface area contributed by atoms with Gasteiger partial charge in [-0.2, -0.15) is 4.40 Å². The van der Waals surface area contributed by atoms with E-state index in [0.29, 0.717) is 0 Å². The molecule has 2 heteroatoms. The van der Waals surface area contributed by atoms with Crippen LogP contribution < -0.4 is 15.0 Å². The number of nitrogens with zero attached hydrogens (tertiary/aromatic N) is 2. The van der Waals surface area contributed by atoms with Crippen molar-refractivity contribution in [2.45, 2.75) is 6.42 Å². The molecule has 3 heterocycles. The lowest BCUT2D eigenvalue weighted by Gasteiger charge is -2.01. The van der Waals surface area contributed by atoms with E-state index >= 15 is 0 Å². The van der Waals surface area contributed by atoms with Crippen LogP contribution in [0.15, 0.2) is 77.6 Å². The standard InChI is InChI=1S/C19H13N2/c1-4-8-17-13(5-1)9-10-18-19-15(11-12-21(17)18)14-6-2-3-7-16(14)20-19/h1-2,4-12H,3H2/q+1. The highest BCUT2D eigenvalue weighted by Crippen LogP contribution is 2.20. The second-order valence-electron chi connectivity index (χ2n) is 5.48. The van der Waals surface area contributed by atoms with Crippen LogP contribution >= 0.6 is 0 Å². The smallest absolute Gasteiger partial charge is 0.237 e. The fourth-order valence-corrected chi connectivity index (χ4v) is 3.30. The van der Waals surface area contributed by atoms with Gasteiger partial charge in [0.2, 0.25) is 11.0 Å². The number of fused-ring (bicyclic) bond motifs is 6. The number of hydrogen-bond acceptors (Lipinski definition) is 1. The predicted octanol–water partition coefficient (Wildman–Crippen LogP) is 2.21. The molecule has 0 spiro atoms. The number of para-hydroxylation sites is 1. The third kappa shape index (κ3) is 1.42. The van der Waals surface area contributed by atoms with E-state index in [2.05, 4.69) is 71.3 Å². The normalized spacial score (nSPS) is 15.8. The fourth-order valence-electron chi connectivity index (χ4n) is 3.30. The molecule has 1 aliphatic carbocycles. The van der Waals surface area contributed by atoms with Gasteiger partial charge in [-0.15, -0.1) is 0 Å². The maximum Gasteiger partial charge on any atom is 0.237 e. The summed E-state index contributed by atoms with van der Waals surface area (Å²) in [5.74, 6) is 0. The van der Waals surface area contributed by atoms with Crippen molar-refractivity contribution in [1.82, 2.24) is 0 Å². The van der Waals surface area contributed by atoms with Crippen molar-refractivity contribution in [3.8, 4) is 0 Å². The zero-order valence-electron chi connectivity index (χ0n) is 11.5. The van der Waals surface area contributed by atoms with E-state index in [4.69, 9.17) is 4.99 Å². The Labute approximate surface area is 121 Å². The maximum atomic E-state index is 4.86. The Morgan fingerprint density at radius 2 is 1.90 bits per heavy atom. The lowest BCUT2D eigenvalue weighted by Crippen LogP contribution is -2.36. The molecule has 98 valence electrons. The SMILES string of the molecule is C1=CC2=c3cc[n+]4c(ccc5ccccc54)c3=NC2=CC1. The summed E-state index contributed by atoms with van der Waals surface area (Å²) < 4.78 is 2.24. The summed E-state index contributed by atoms with van der Waals surface area (Å²) in [6.07, 6.45) is 9.73. The van der Waals surface area contributed by atoms with Gasteiger partial charge in [0.15, 0.2) is 6.20 Å². The summed E-state index contributed by atoms with van der Waals surface area (Å²) in [6.45, 7) is 0. The van der Waals surface area contributed by atoms with E-state index < -0.39 is 0 Å². The first-order valence-corrected chi connectivity index (χ1v) is 7.24. The van der Waals surface area contributed by atoms with Crippen molar-refractivity contribution in [1.29, 1.82) is 0 Å². The molecule has 0 unspecified atom stereocenters. The third-order valence-electron chi connectivity index (χ3n) is 4.29. The summed E-state index contributed by atoms with van der Waals surface area (Å²) in [4.78, 5) is 4.86. The zero-order chi connectivity index (χ0) is 13.8. The Bertz CT molecular complexity index is 1100. The number of pyridine rings is 2. The Balaban J connectivity index is 2.04. The van der Waals surface area contributed by atoms with Crippen LogP contribution in [0, 0.1) is 0 Å². The monoisotopic (exact) mass is 269 g/mol. The van der Waals surface area contributed by atoms with Gasteiger partial charge in [0.25, 0.3) is 0 Å². The third-order valence-corrected chi connectivity index (χ3v) is 4.29. The zero-order valence-corrected chi connectivity index (χ0v) is 11.5. The van der Waals surface area contributed by atoms with Crippen molar-refractivity contribution < 1.29 is 4.40 Å². The van der Waals surface area contributed by atoms with Crippen LogP contribution in [0.1, 0.15) is 6.42 Å². The molecule has 0 saturated heterocycles. The molecule has 1 aromatic carbocycles. The van der Waals surface area contributed by atoms with E-state index in [-0.39, 0.29) is 0 Å². The van der Waals surface area contributed by atoms with Crippen molar-refractivity contribution >= 4 is 22.0 Å². The van der Waals surface area contributed by atoms with Crippen molar-refractivity contribution in [3.63, 3.8) is 0 Å². The highest BCUT2D eigenvalue weighted by Gasteiger charge is 2.18. The highest BCUT2D eigenvalue weighted by molar-refractivity contribution is 5.79. The second kappa shape index (κ2) is 3.89. The predicted molar refractivity (Wildman–Crippen MR) is 83.1 cm³/mol. The molecule has 2 aromatic heterocycles. The Hall–Kier alpha value is -2.74. The van der Waals surface area contributed by atoms with Gasteiger partial charge in [0, 0.05) is 34.4 Å². The van der Waals surface area contributed by atoms with Crippen LogP contribution in [0.4, 0.5) is 0 Å². The largest absolute Gasteiger partial charge is 0.241 e. The molecule has 0 atom stereocenters. The lowest BCUT2D eigenvalue weighted by atomic mass is 10.1. The molecule has 0 fully saturated rings. The van der Waals surface area contributed by atoms with Crippen molar-refractivity contribution in [2.24, 2.45) is 4.99 Å². The topological polar surface area (TPSA) is 16.5 Å². The highest BCUT2D eigenvalue weighted by atomic mass is 14.9. The summed E-state index contributed by atoms with van der Waals surface area (Å²) in [5, 5.41) is 3.58. The summed E-state index contributed by atoms with van der Waals surface area (Å²) in [5.41, 5.74) is 4.76. The molecule has 2 nitrogen and oxygen atoms in total. The minimum Gasteiger partial charge on any atom is -0.241 e. The fraction of sp³-hybridized carbons (Fsp3) is 0.0526. The molecule has 5 rings (SSSR count). The molecule has 0 N–H and O–H groups in total. The van der Waals surface area contributed by atoms with Gasteiger partial charge >= 0.3 is 0 Å². The molecule has 0 saturated carbocycles. The minimum absolute atomic E-state index is 0.977. The summed E-state index contributed by atoms with van der Waals surface area (Å²) in [7, 11) is 0. The molecule has 0 amide bonds. The van der Waals surface area contributed by atoms with Gasteiger partial charge in [-0.05, 0) is 18.6 Å². The summed E-state index contributed by atoms with van der Waals surface area (Å²) in [6, 6.07) is 15.0. The Kier molecular flexibility index (Phi) is 2.03. The van der Waals surface area contributed by atoms with E-state index in [9.17, 15) is 0 Å². The van der Waals surface area contributed by atoms with Gasteiger partial charge in [0.1, 0.15) is 5.36 Å². The van der Waals surface area contributed by atoms with Gasteiger partial charge in [-0.1, -0.05) is 30.4 Å². The first kappa shape index (κ1) is 11.0. The minimum atomic E-state index is 0.977. The van der Waals surface area contributed by atoms with Gasteiger partial charge in [-0.3, -0.25) is 0 Å². The molecular formula is C19H13N2+. The van der Waals surface area contributed by atoms with Crippen LogP contribution in [0.3, 0.4) is 0 Å². The van der Waals surface area contributed by atoms with Crippen molar-refractivity contribution in [2.75, 3.05) is 0 Å². The molecule has 21 heavy (non-hydrogen) atoms. The molecule has 2 aliphatic rings. The van der Waals surface area contributed by atoms with E-state index in [1.54, 1.807) is 0 Å². The van der Waals surface area contributed by atoms with Crippen LogP contribution in [0.5, 0.6) is 0 Å². The molecule has 1 aliphatic heterocycles. The van der Waals surface area contributed by atoms with Gasteiger partial charge < -0.3 is 0 Å². The lowest BCUT2D eigenvalue weighted by molar-refractivity contribution is -0.482. The molecule has 0 radical (unpaired) electrons. The van der Waals surface area contributed by atoms with Crippen LogP contribution in [0.2, 0.25) is 0 Å². The summed E-state index contributed by atoms with van der Waals surface area (Å²) >= 11 is 0. The van der Waals surface area contributed by atoms with E-state index in [0.717, 1.165) is 17.5 Å².